The van der Waals surface area contributed by atoms with Gasteiger partial charge < -0.3 is 9.64 Å². The van der Waals surface area contributed by atoms with E-state index in [0.717, 1.165) is 19.7 Å². The van der Waals surface area contributed by atoms with Gasteiger partial charge in [-0.2, -0.15) is 0 Å². The monoisotopic (exact) mass is 331 g/mol. The Morgan fingerprint density at radius 1 is 0.680 bits per heavy atom. The molecule has 128 valence electrons. The van der Waals surface area contributed by atoms with Gasteiger partial charge in [0.2, 0.25) is 0 Å². The Labute approximate surface area is 150 Å². The van der Waals surface area contributed by atoms with Crippen LogP contribution in [0.1, 0.15) is 23.6 Å². The lowest BCUT2D eigenvalue weighted by molar-refractivity contribution is 0.134. The van der Waals surface area contributed by atoms with E-state index >= 15 is 0 Å². The molecule has 0 bridgehead atoms. The molecule has 0 fully saturated rings. The van der Waals surface area contributed by atoms with Gasteiger partial charge in [0.1, 0.15) is 0 Å². The SMILES string of the molecule is CCOCc1cccc(N(Cc2ccccc2)Cc2ccccc2)c1. The van der Waals surface area contributed by atoms with Crippen LogP contribution in [0.4, 0.5) is 5.69 Å². The summed E-state index contributed by atoms with van der Waals surface area (Å²) >= 11 is 0. The van der Waals surface area contributed by atoms with Crippen molar-refractivity contribution in [1.82, 2.24) is 0 Å². The summed E-state index contributed by atoms with van der Waals surface area (Å²) in [6.45, 7) is 5.19. The molecule has 0 saturated carbocycles. The van der Waals surface area contributed by atoms with Gasteiger partial charge in [-0.05, 0) is 35.7 Å². The van der Waals surface area contributed by atoms with E-state index in [0.29, 0.717) is 6.61 Å². The average molecular weight is 331 g/mol. The Morgan fingerprint density at radius 3 is 1.80 bits per heavy atom. The Morgan fingerprint density at radius 2 is 1.24 bits per heavy atom. The highest BCUT2D eigenvalue weighted by Gasteiger charge is 2.09. The molecule has 0 N–H and O–H groups in total. The molecule has 0 heterocycles. The predicted molar refractivity (Wildman–Crippen MR) is 105 cm³/mol. The molecular weight excluding hydrogens is 306 g/mol. The van der Waals surface area contributed by atoms with Gasteiger partial charge in [-0.3, -0.25) is 0 Å². The van der Waals surface area contributed by atoms with Gasteiger partial charge in [-0.25, -0.2) is 0 Å². The van der Waals surface area contributed by atoms with Crippen LogP contribution in [0.25, 0.3) is 0 Å². The molecule has 0 aliphatic rings. The van der Waals surface area contributed by atoms with Gasteiger partial charge in [0.25, 0.3) is 0 Å². The first-order valence-electron chi connectivity index (χ1n) is 8.84. The summed E-state index contributed by atoms with van der Waals surface area (Å²) in [5, 5.41) is 0. The van der Waals surface area contributed by atoms with Crippen molar-refractivity contribution in [2.45, 2.75) is 26.6 Å². The third kappa shape index (κ3) is 5.20. The van der Waals surface area contributed by atoms with Gasteiger partial charge in [0.05, 0.1) is 6.61 Å². The van der Waals surface area contributed by atoms with E-state index in [-0.39, 0.29) is 0 Å². The molecule has 25 heavy (non-hydrogen) atoms. The van der Waals surface area contributed by atoms with Crippen LogP contribution in [-0.2, 0) is 24.4 Å². The molecule has 2 heteroatoms. The fourth-order valence-corrected chi connectivity index (χ4v) is 2.91. The Hall–Kier alpha value is -2.58. The van der Waals surface area contributed by atoms with Gasteiger partial charge in [0, 0.05) is 25.4 Å². The highest BCUT2D eigenvalue weighted by molar-refractivity contribution is 5.49. The predicted octanol–water partition coefficient (Wildman–Crippen LogP) is 5.43. The molecule has 0 radical (unpaired) electrons. The van der Waals surface area contributed by atoms with Gasteiger partial charge in [-0.1, -0.05) is 72.8 Å². The van der Waals surface area contributed by atoms with Crippen LogP contribution in [0.5, 0.6) is 0 Å². The summed E-state index contributed by atoms with van der Waals surface area (Å²) in [4.78, 5) is 2.42. The summed E-state index contributed by atoms with van der Waals surface area (Å²) in [6.07, 6.45) is 0. The van der Waals surface area contributed by atoms with Crippen molar-refractivity contribution in [3.8, 4) is 0 Å². The van der Waals surface area contributed by atoms with Crippen molar-refractivity contribution in [3.63, 3.8) is 0 Å². The summed E-state index contributed by atoms with van der Waals surface area (Å²) in [5.41, 5.74) is 5.07. The molecule has 0 spiro atoms. The Kier molecular flexibility index (Phi) is 6.24. The van der Waals surface area contributed by atoms with Crippen molar-refractivity contribution in [1.29, 1.82) is 0 Å². The molecule has 0 aliphatic heterocycles. The lowest BCUT2D eigenvalue weighted by atomic mass is 10.1. The first-order valence-corrected chi connectivity index (χ1v) is 8.84. The Balaban J connectivity index is 1.84. The molecule has 0 saturated heterocycles. The van der Waals surface area contributed by atoms with Crippen LogP contribution < -0.4 is 4.90 Å². The summed E-state index contributed by atoms with van der Waals surface area (Å²) < 4.78 is 5.57. The first-order chi connectivity index (χ1) is 12.3. The number of anilines is 1. The second kappa shape index (κ2) is 9.05. The van der Waals surface area contributed by atoms with Crippen molar-refractivity contribution < 1.29 is 4.74 Å². The zero-order valence-corrected chi connectivity index (χ0v) is 14.8. The largest absolute Gasteiger partial charge is 0.377 e. The molecule has 3 aromatic carbocycles. The summed E-state index contributed by atoms with van der Waals surface area (Å²) in [6, 6.07) is 29.9. The van der Waals surface area contributed by atoms with E-state index < -0.39 is 0 Å². The van der Waals surface area contributed by atoms with Gasteiger partial charge in [0.15, 0.2) is 0 Å². The summed E-state index contributed by atoms with van der Waals surface area (Å²) in [7, 11) is 0. The topological polar surface area (TPSA) is 12.5 Å². The van der Waals surface area contributed by atoms with Gasteiger partial charge in [-0.15, -0.1) is 0 Å². The number of hydrogen-bond acceptors (Lipinski definition) is 2. The molecule has 0 unspecified atom stereocenters. The molecular formula is C23H25NO. The zero-order chi connectivity index (χ0) is 17.3. The quantitative estimate of drug-likeness (QED) is 0.546. The second-order valence-electron chi connectivity index (χ2n) is 6.13. The van der Waals surface area contributed by atoms with Crippen molar-refractivity contribution in [3.05, 3.63) is 102 Å². The van der Waals surface area contributed by atoms with Crippen molar-refractivity contribution in [2.24, 2.45) is 0 Å². The molecule has 2 nitrogen and oxygen atoms in total. The molecule has 0 amide bonds. The smallest absolute Gasteiger partial charge is 0.0717 e. The lowest BCUT2D eigenvalue weighted by Gasteiger charge is -2.26. The molecule has 3 aromatic rings. The standard InChI is InChI=1S/C23H25NO/c1-2-25-19-22-14-9-15-23(16-22)24(17-20-10-5-3-6-11-20)18-21-12-7-4-8-13-21/h3-16H,2,17-19H2,1H3. The Bertz CT molecular complexity index is 714. The third-order valence-corrected chi connectivity index (χ3v) is 4.18. The second-order valence-corrected chi connectivity index (χ2v) is 6.13. The minimum Gasteiger partial charge on any atom is -0.377 e. The van der Waals surface area contributed by atoms with E-state index in [1.54, 1.807) is 0 Å². The number of rotatable bonds is 8. The van der Waals surface area contributed by atoms with Crippen molar-refractivity contribution in [2.75, 3.05) is 11.5 Å². The number of nitrogens with zero attached hydrogens (tertiary/aromatic N) is 1. The van der Waals surface area contributed by atoms with Crippen LogP contribution in [-0.4, -0.2) is 6.61 Å². The maximum Gasteiger partial charge on any atom is 0.0717 e. The molecule has 0 aromatic heterocycles. The normalized spacial score (nSPS) is 10.6. The molecule has 0 aliphatic carbocycles. The zero-order valence-electron chi connectivity index (χ0n) is 14.8. The maximum atomic E-state index is 5.57. The van der Waals surface area contributed by atoms with E-state index in [9.17, 15) is 0 Å². The van der Waals surface area contributed by atoms with Gasteiger partial charge >= 0.3 is 0 Å². The number of hydrogen-bond donors (Lipinski definition) is 0. The number of ether oxygens (including phenoxy) is 1. The van der Waals surface area contributed by atoms with Crippen LogP contribution in [0.3, 0.4) is 0 Å². The minimum absolute atomic E-state index is 0.662. The summed E-state index contributed by atoms with van der Waals surface area (Å²) in [5.74, 6) is 0. The molecule has 3 rings (SSSR count). The van der Waals surface area contributed by atoms with Crippen LogP contribution in [0.2, 0.25) is 0 Å². The molecule has 0 atom stereocenters. The van der Waals surface area contributed by atoms with Crippen LogP contribution in [0.15, 0.2) is 84.9 Å². The maximum absolute atomic E-state index is 5.57. The lowest BCUT2D eigenvalue weighted by Crippen LogP contribution is -2.22. The minimum atomic E-state index is 0.662. The highest BCUT2D eigenvalue weighted by Crippen LogP contribution is 2.22. The number of benzene rings is 3. The first kappa shape index (κ1) is 17.2. The fourth-order valence-electron chi connectivity index (χ4n) is 2.91. The third-order valence-electron chi connectivity index (χ3n) is 4.18. The highest BCUT2D eigenvalue weighted by atomic mass is 16.5. The van der Waals surface area contributed by atoms with E-state index in [1.807, 2.05) is 6.92 Å². The fraction of sp³-hybridized carbons (Fsp3) is 0.217. The van der Waals surface area contributed by atoms with Crippen LogP contribution >= 0.6 is 0 Å². The van der Waals surface area contributed by atoms with Crippen LogP contribution in [0, 0.1) is 0 Å². The van der Waals surface area contributed by atoms with Crippen molar-refractivity contribution >= 4 is 5.69 Å². The van der Waals surface area contributed by atoms with E-state index in [4.69, 9.17) is 4.74 Å². The van der Waals surface area contributed by atoms with E-state index in [2.05, 4.69) is 89.8 Å². The average Bonchev–Trinajstić information content (AvgIpc) is 2.68. The van der Waals surface area contributed by atoms with E-state index in [1.165, 1.54) is 22.4 Å².